The van der Waals surface area contributed by atoms with Crippen molar-refractivity contribution in [1.82, 2.24) is 19.4 Å². The maximum atomic E-state index is 13.0. The number of rotatable bonds is 4. The van der Waals surface area contributed by atoms with Gasteiger partial charge in [0, 0.05) is 30.6 Å². The monoisotopic (exact) mass is 362 g/mol. The van der Waals surface area contributed by atoms with Crippen molar-refractivity contribution in [2.24, 2.45) is 5.92 Å². The molecular formula is C17H22N4O3S. The number of thiophene rings is 1. The molecule has 2 aromatic heterocycles. The first-order valence-electron chi connectivity index (χ1n) is 8.74. The molecule has 0 bridgehead atoms. The van der Waals surface area contributed by atoms with Crippen molar-refractivity contribution in [3.05, 3.63) is 31.3 Å². The first-order valence-corrected chi connectivity index (χ1v) is 9.55. The molecule has 1 N–H and O–H groups in total. The Kier molecular flexibility index (Phi) is 3.75. The van der Waals surface area contributed by atoms with Crippen molar-refractivity contribution in [1.29, 1.82) is 0 Å². The van der Waals surface area contributed by atoms with Gasteiger partial charge in [0.05, 0.1) is 11.9 Å². The highest BCUT2D eigenvalue weighted by atomic mass is 32.1. The van der Waals surface area contributed by atoms with Crippen molar-refractivity contribution in [3.63, 3.8) is 0 Å². The summed E-state index contributed by atoms with van der Waals surface area (Å²) in [5.74, 6) is 0.375. The lowest BCUT2D eigenvalue weighted by atomic mass is 10.2. The fourth-order valence-electron chi connectivity index (χ4n) is 3.63. The van der Waals surface area contributed by atoms with Crippen LogP contribution in [-0.2, 0) is 13.1 Å². The van der Waals surface area contributed by atoms with E-state index >= 15 is 0 Å². The summed E-state index contributed by atoms with van der Waals surface area (Å²) in [5, 5.41) is 3.43. The molecule has 3 heterocycles. The standard InChI is InChI=1S/C17H22N4O3S/c1-4-20-15-13(14(22)21(17(20)24)11-7-9(11)2)10(3)12(25-15)8-19-6-5-18-16(19)23/h9,11H,4-8H2,1-3H3,(H,18,23). The zero-order valence-corrected chi connectivity index (χ0v) is 15.5. The van der Waals surface area contributed by atoms with Crippen LogP contribution in [0.2, 0.25) is 0 Å². The second-order valence-corrected chi connectivity index (χ2v) is 8.05. The quantitative estimate of drug-likeness (QED) is 0.899. The first kappa shape index (κ1) is 16.4. The molecule has 2 atom stereocenters. The molecule has 0 radical (unpaired) electrons. The van der Waals surface area contributed by atoms with E-state index in [4.69, 9.17) is 0 Å². The number of hydrogen-bond acceptors (Lipinski definition) is 4. The number of nitrogens with one attached hydrogen (secondary N) is 1. The highest BCUT2D eigenvalue weighted by Crippen LogP contribution is 2.41. The third kappa shape index (κ3) is 2.42. The molecule has 0 spiro atoms. The van der Waals surface area contributed by atoms with Crippen LogP contribution in [0.15, 0.2) is 9.59 Å². The highest BCUT2D eigenvalue weighted by molar-refractivity contribution is 7.18. The third-order valence-electron chi connectivity index (χ3n) is 5.34. The first-order chi connectivity index (χ1) is 11.9. The molecule has 1 aliphatic heterocycles. The fourth-order valence-corrected chi connectivity index (χ4v) is 5.00. The zero-order chi connectivity index (χ0) is 17.9. The van der Waals surface area contributed by atoms with Gasteiger partial charge in [0.25, 0.3) is 5.56 Å². The zero-order valence-electron chi connectivity index (χ0n) is 14.7. The van der Waals surface area contributed by atoms with Crippen LogP contribution in [-0.4, -0.2) is 33.2 Å². The van der Waals surface area contributed by atoms with E-state index in [1.54, 1.807) is 9.47 Å². The van der Waals surface area contributed by atoms with E-state index < -0.39 is 0 Å². The van der Waals surface area contributed by atoms with Crippen LogP contribution >= 0.6 is 11.3 Å². The molecule has 1 saturated carbocycles. The van der Waals surface area contributed by atoms with Gasteiger partial charge in [-0.1, -0.05) is 6.92 Å². The van der Waals surface area contributed by atoms with Crippen molar-refractivity contribution >= 4 is 27.6 Å². The molecule has 1 aliphatic carbocycles. The van der Waals surface area contributed by atoms with Crippen molar-refractivity contribution < 1.29 is 4.79 Å². The van der Waals surface area contributed by atoms with E-state index in [2.05, 4.69) is 12.2 Å². The van der Waals surface area contributed by atoms with Crippen molar-refractivity contribution in [2.45, 2.75) is 46.3 Å². The highest BCUT2D eigenvalue weighted by Gasteiger charge is 2.38. The topological polar surface area (TPSA) is 76.3 Å². The number of aryl methyl sites for hydroxylation is 2. The van der Waals surface area contributed by atoms with Crippen LogP contribution in [0, 0.1) is 12.8 Å². The van der Waals surface area contributed by atoms with Gasteiger partial charge in [0.2, 0.25) is 0 Å². The molecule has 2 fully saturated rings. The van der Waals surface area contributed by atoms with E-state index in [1.165, 1.54) is 15.9 Å². The summed E-state index contributed by atoms with van der Waals surface area (Å²) in [5.41, 5.74) is 0.514. The molecular weight excluding hydrogens is 340 g/mol. The Morgan fingerprint density at radius 1 is 1.28 bits per heavy atom. The average Bonchev–Trinajstić information content (AvgIpc) is 2.98. The van der Waals surface area contributed by atoms with Crippen LogP contribution in [0.3, 0.4) is 0 Å². The molecule has 25 heavy (non-hydrogen) atoms. The van der Waals surface area contributed by atoms with Gasteiger partial charge in [-0.05, 0) is 31.7 Å². The van der Waals surface area contributed by atoms with E-state index in [0.717, 1.165) is 21.7 Å². The number of nitrogens with zero attached hydrogens (tertiary/aromatic N) is 3. The maximum Gasteiger partial charge on any atom is 0.332 e. The maximum absolute atomic E-state index is 13.0. The second-order valence-electron chi connectivity index (χ2n) is 6.97. The summed E-state index contributed by atoms with van der Waals surface area (Å²) in [7, 11) is 0. The largest absolute Gasteiger partial charge is 0.336 e. The van der Waals surface area contributed by atoms with Gasteiger partial charge in [-0.25, -0.2) is 9.59 Å². The Balaban J connectivity index is 1.90. The lowest BCUT2D eigenvalue weighted by Crippen LogP contribution is -2.39. The summed E-state index contributed by atoms with van der Waals surface area (Å²) in [6, 6.07) is -0.0525. The van der Waals surface area contributed by atoms with E-state index in [9.17, 15) is 14.4 Å². The van der Waals surface area contributed by atoms with Gasteiger partial charge in [0.1, 0.15) is 4.83 Å². The Bertz CT molecular complexity index is 986. The number of urea groups is 1. The van der Waals surface area contributed by atoms with Gasteiger partial charge < -0.3 is 10.2 Å². The predicted molar refractivity (Wildman–Crippen MR) is 97.4 cm³/mol. The molecule has 2 amide bonds. The second kappa shape index (κ2) is 5.72. The number of amides is 2. The molecule has 1 saturated heterocycles. The van der Waals surface area contributed by atoms with Crippen molar-refractivity contribution in [2.75, 3.05) is 13.1 Å². The fraction of sp³-hybridized carbons (Fsp3) is 0.588. The summed E-state index contributed by atoms with van der Waals surface area (Å²) in [4.78, 5) is 41.2. The van der Waals surface area contributed by atoms with E-state index in [0.29, 0.717) is 37.5 Å². The van der Waals surface area contributed by atoms with Crippen LogP contribution in [0.1, 0.15) is 36.8 Å². The minimum Gasteiger partial charge on any atom is -0.336 e. The third-order valence-corrected chi connectivity index (χ3v) is 6.64. The van der Waals surface area contributed by atoms with Crippen LogP contribution in [0.5, 0.6) is 0 Å². The molecule has 4 rings (SSSR count). The SMILES string of the molecule is CCn1c(=O)n(C2CC2C)c(=O)c2c(C)c(CN3CCNC3=O)sc21. The number of aromatic nitrogens is 2. The van der Waals surface area contributed by atoms with Crippen LogP contribution < -0.4 is 16.6 Å². The summed E-state index contributed by atoms with van der Waals surface area (Å²) >= 11 is 1.46. The Hall–Kier alpha value is -2.09. The summed E-state index contributed by atoms with van der Waals surface area (Å²) < 4.78 is 3.15. The van der Waals surface area contributed by atoms with Crippen LogP contribution in [0.4, 0.5) is 4.79 Å². The van der Waals surface area contributed by atoms with E-state index in [-0.39, 0.29) is 23.3 Å². The number of carbonyl (C=O) groups is 1. The van der Waals surface area contributed by atoms with Gasteiger partial charge >= 0.3 is 11.7 Å². The molecule has 2 unspecified atom stereocenters. The normalized spacial score (nSPS) is 22.7. The van der Waals surface area contributed by atoms with Gasteiger partial charge in [-0.15, -0.1) is 11.3 Å². The van der Waals surface area contributed by atoms with E-state index in [1.807, 2.05) is 13.8 Å². The molecule has 2 aromatic rings. The van der Waals surface area contributed by atoms with Gasteiger partial charge in [0.15, 0.2) is 0 Å². The Morgan fingerprint density at radius 2 is 2.00 bits per heavy atom. The van der Waals surface area contributed by atoms with Crippen molar-refractivity contribution in [3.8, 4) is 0 Å². The molecule has 0 aromatic carbocycles. The van der Waals surface area contributed by atoms with Gasteiger partial charge in [-0.3, -0.25) is 13.9 Å². The number of fused-ring (bicyclic) bond motifs is 1. The molecule has 7 nitrogen and oxygen atoms in total. The predicted octanol–water partition coefficient (Wildman–Crippen LogP) is 1.66. The Morgan fingerprint density at radius 3 is 2.56 bits per heavy atom. The molecule has 134 valence electrons. The minimum absolute atomic E-state index is 0.0225. The number of carbonyl (C=O) groups excluding carboxylic acids is 1. The summed E-state index contributed by atoms with van der Waals surface area (Å²) in [6.07, 6.45) is 0.883. The van der Waals surface area contributed by atoms with Gasteiger partial charge in [-0.2, -0.15) is 0 Å². The molecule has 2 aliphatic rings. The lowest BCUT2D eigenvalue weighted by Gasteiger charge is -2.12. The lowest BCUT2D eigenvalue weighted by molar-refractivity contribution is 0.216. The smallest absolute Gasteiger partial charge is 0.332 e. The molecule has 8 heteroatoms. The number of hydrogen-bond donors (Lipinski definition) is 1. The van der Waals surface area contributed by atoms with Crippen LogP contribution in [0.25, 0.3) is 10.2 Å². The summed E-state index contributed by atoms with van der Waals surface area (Å²) in [6.45, 7) is 8.23. The minimum atomic E-state index is -0.207. The average molecular weight is 362 g/mol. The Labute approximate surface area is 148 Å².